The summed E-state index contributed by atoms with van der Waals surface area (Å²) in [7, 11) is 0. The van der Waals surface area contributed by atoms with E-state index in [0.29, 0.717) is 20.9 Å². The highest BCUT2D eigenvalue weighted by molar-refractivity contribution is 7.99. The Morgan fingerprint density at radius 1 is 1.35 bits per heavy atom. The lowest BCUT2D eigenvalue weighted by Crippen LogP contribution is -2.09. The van der Waals surface area contributed by atoms with Gasteiger partial charge in [0.05, 0.1) is 10.7 Å². The second-order valence-electron chi connectivity index (χ2n) is 3.13. The molecule has 0 aromatic carbocycles. The highest BCUT2D eigenvalue weighted by Crippen LogP contribution is 2.28. The van der Waals surface area contributed by atoms with E-state index in [1.165, 1.54) is 12.3 Å². The van der Waals surface area contributed by atoms with E-state index >= 15 is 0 Å². The van der Waals surface area contributed by atoms with Crippen LogP contribution in [0.15, 0.2) is 33.3 Å². The number of nitrogens with two attached hydrogens (primary N) is 2. The van der Waals surface area contributed by atoms with Crippen molar-refractivity contribution in [2.24, 2.45) is 0 Å². The molecule has 0 saturated carbocycles. The van der Waals surface area contributed by atoms with Gasteiger partial charge in [-0.1, -0.05) is 11.6 Å². The van der Waals surface area contributed by atoms with Crippen LogP contribution in [0.3, 0.4) is 0 Å². The van der Waals surface area contributed by atoms with E-state index in [0.717, 1.165) is 11.8 Å². The van der Waals surface area contributed by atoms with Crippen LogP contribution in [0.5, 0.6) is 0 Å². The number of hydrogen-bond donors (Lipinski definition) is 3. The van der Waals surface area contributed by atoms with Gasteiger partial charge in [0, 0.05) is 12.3 Å². The molecule has 0 atom stereocenters. The van der Waals surface area contributed by atoms with Crippen LogP contribution in [0, 0.1) is 0 Å². The minimum absolute atomic E-state index is 0.142. The van der Waals surface area contributed by atoms with E-state index in [4.69, 9.17) is 23.1 Å². The van der Waals surface area contributed by atoms with Gasteiger partial charge in [-0.25, -0.2) is 9.97 Å². The molecule has 8 heteroatoms. The minimum Gasteiger partial charge on any atom is -0.396 e. The molecule has 0 radical (unpaired) electrons. The maximum atomic E-state index is 11.2. The number of hydrogen-bond acceptors (Lipinski definition) is 6. The molecule has 5 N–H and O–H groups in total. The Bertz CT molecular complexity index is 615. The van der Waals surface area contributed by atoms with Crippen molar-refractivity contribution in [1.29, 1.82) is 0 Å². The van der Waals surface area contributed by atoms with E-state index in [2.05, 4.69) is 15.0 Å². The number of aromatic nitrogens is 3. The number of anilines is 2. The van der Waals surface area contributed by atoms with Gasteiger partial charge in [0.1, 0.15) is 10.8 Å². The maximum absolute atomic E-state index is 11.2. The third kappa shape index (κ3) is 2.89. The van der Waals surface area contributed by atoms with Gasteiger partial charge in [-0.2, -0.15) is 0 Å². The van der Waals surface area contributed by atoms with Crippen molar-refractivity contribution in [2.75, 3.05) is 11.5 Å². The average molecular weight is 270 g/mol. The van der Waals surface area contributed by atoms with E-state index < -0.39 is 0 Å². The Balaban J connectivity index is 2.34. The molecule has 2 heterocycles. The smallest absolute Gasteiger partial charge is 0.253 e. The Hall–Kier alpha value is -1.73. The largest absolute Gasteiger partial charge is 0.396 e. The molecule has 0 saturated heterocycles. The molecule has 2 aromatic rings. The van der Waals surface area contributed by atoms with Crippen molar-refractivity contribution in [2.45, 2.75) is 10.2 Å². The summed E-state index contributed by atoms with van der Waals surface area (Å²) in [5, 5.41) is 1.28. The van der Waals surface area contributed by atoms with Gasteiger partial charge < -0.3 is 16.5 Å². The monoisotopic (exact) mass is 269 g/mol. The molecule has 0 aliphatic rings. The molecule has 0 unspecified atom stereocenters. The first kappa shape index (κ1) is 11.7. The minimum atomic E-state index is -0.326. The molecular weight excluding hydrogens is 262 g/mol. The molecule has 0 bridgehead atoms. The number of nitrogens with one attached hydrogen (secondary N) is 1. The molecule has 17 heavy (non-hydrogen) atoms. The number of rotatable bonds is 2. The molecule has 0 aliphatic heterocycles. The Morgan fingerprint density at radius 3 is 2.76 bits per heavy atom. The van der Waals surface area contributed by atoms with Gasteiger partial charge in [-0.15, -0.1) is 0 Å². The van der Waals surface area contributed by atoms with E-state index in [1.54, 1.807) is 6.07 Å². The molecule has 0 fully saturated rings. The number of aromatic amines is 1. The number of halogens is 1. The normalized spacial score (nSPS) is 10.4. The SMILES string of the molecule is Nc1cc(=O)[nH]c(Sc2ncc(Cl)cc2N)n1. The van der Waals surface area contributed by atoms with E-state index in [9.17, 15) is 4.79 Å². The zero-order valence-electron chi connectivity index (χ0n) is 8.48. The highest BCUT2D eigenvalue weighted by atomic mass is 35.5. The summed E-state index contributed by atoms with van der Waals surface area (Å²) < 4.78 is 0. The van der Waals surface area contributed by atoms with Crippen LogP contribution in [-0.4, -0.2) is 15.0 Å². The standard InChI is InChI=1S/C9H8ClN5OS/c10-4-1-5(11)8(13-3-4)17-9-14-6(12)2-7(16)15-9/h1-3H,11H2,(H3,12,14,15,16). The number of pyridine rings is 1. The van der Waals surface area contributed by atoms with E-state index in [-0.39, 0.29) is 11.4 Å². The van der Waals surface area contributed by atoms with Gasteiger partial charge in [-0.05, 0) is 17.8 Å². The summed E-state index contributed by atoms with van der Waals surface area (Å²) in [5.74, 6) is 0.142. The van der Waals surface area contributed by atoms with Crippen molar-refractivity contribution in [3.63, 3.8) is 0 Å². The Labute approximate surface area is 105 Å². The van der Waals surface area contributed by atoms with Gasteiger partial charge in [0.2, 0.25) is 0 Å². The second-order valence-corrected chi connectivity index (χ2v) is 4.54. The van der Waals surface area contributed by atoms with Gasteiger partial charge in [-0.3, -0.25) is 4.79 Å². The van der Waals surface area contributed by atoms with E-state index in [1.807, 2.05) is 0 Å². The third-order valence-electron chi connectivity index (χ3n) is 1.78. The predicted octanol–water partition coefficient (Wildman–Crippen LogP) is 1.13. The zero-order chi connectivity index (χ0) is 12.4. The number of nitrogen functional groups attached to an aromatic ring is 2. The van der Waals surface area contributed by atoms with Crippen molar-refractivity contribution in [3.05, 3.63) is 33.7 Å². The van der Waals surface area contributed by atoms with Gasteiger partial charge in [0.15, 0.2) is 5.16 Å². The fourth-order valence-electron chi connectivity index (χ4n) is 1.12. The number of nitrogens with zero attached hydrogens (tertiary/aromatic N) is 2. The first-order chi connectivity index (χ1) is 8.04. The molecule has 0 spiro atoms. The second kappa shape index (κ2) is 4.64. The first-order valence-corrected chi connectivity index (χ1v) is 5.70. The van der Waals surface area contributed by atoms with Crippen LogP contribution >= 0.6 is 23.4 Å². The molecule has 0 aliphatic carbocycles. The summed E-state index contributed by atoms with van der Waals surface area (Å²) in [6.45, 7) is 0. The zero-order valence-corrected chi connectivity index (χ0v) is 10.0. The summed E-state index contributed by atoms with van der Waals surface area (Å²) >= 11 is 6.84. The average Bonchev–Trinajstić information content (AvgIpc) is 2.21. The molecule has 0 amide bonds. The van der Waals surface area contributed by atoms with Gasteiger partial charge in [0.25, 0.3) is 5.56 Å². The van der Waals surface area contributed by atoms with Crippen molar-refractivity contribution >= 4 is 34.9 Å². The fraction of sp³-hybridized carbons (Fsp3) is 0. The van der Waals surface area contributed by atoms with Crippen LogP contribution in [0.2, 0.25) is 5.02 Å². The van der Waals surface area contributed by atoms with Crippen LogP contribution in [0.4, 0.5) is 11.5 Å². The van der Waals surface area contributed by atoms with Crippen LogP contribution < -0.4 is 17.0 Å². The van der Waals surface area contributed by atoms with Crippen molar-refractivity contribution in [1.82, 2.24) is 15.0 Å². The lowest BCUT2D eigenvalue weighted by atomic mass is 10.4. The predicted molar refractivity (Wildman–Crippen MR) is 67.1 cm³/mol. The lowest BCUT2D eigenvalue weighted by Gasteiger charge is -2.04. The van der Waals surface area contributed by atoms with Crippen molar-refractivity contribution in [3.8, 4) is 0 Å². The first-order valence-electron chi connectivity index (χ1n) is 4.50. The van der Waals surface area contributed by atoms with Gasteiger partial charge >= 0.3 is 0 Å². The summed E-state index contributed by atoms with van der Waals surface area (Å²) in [4.78, 5) is 21.7. The summed E-state index contributed by atoms with van der Waals surface area (Å²) in [6, 6.07) is 2.77. The van der Waals surface area contributed by atoms with Crippen LogP contribution in [0.1, 0.15) is 0 Å². The Morgan fingerprint density at radius 2 is 2.12 bits per heavy atom. The molecule has 2 aromatic heterocycles. The van der Waals surface area contributed by atoms with Crippen LogP contribution in [0.25, 0.3) is 0 Å². The highest BCUT2D eigenvalue weighted by Gasteiger charge is 2.07. The summed E-state index contributed by atoms with van der Waals surface area (Å²) in [6.07, 6.45) is 1.46. The lowest BCUT2D eigenvalue weighted by molar-refractivity contribution is 0.941. The maximum Gasteiger partial charge on any atom is 0.253 e. The molecule has 2 rings (SSSR count). The quantitative estimate of drug-likeness (QED) is 0.705. The van der Waals surface area contributed by atoms with Crippen molar-refractivity contribution < 1.29 is 0 Å². The van der Waals surface area contributed by atoms with Crippen LogP contribution in [-0.2, 0) is 0 Å². The Kier molecular flexibility index (Phi) is 3.21. The number of H-pyrrole nitrogens is 1. The topological polar surface area (TPSA) is 111 Å². The molecular formula is C9H8ClN5OS. The molecule has 6 nitrogen and oxygen atoms in total. The summed E-state index contributed by atoms with van der Waals surface area (Å²) in [5.41, 5.74) is 11.3. The third-order valence-corrected chi connectivity index (χ3v) is 2.91. The molecule has 88 valence electrons. The fourth-order valence-corrected chi connectivity index (χ4v) is 2.06.